The minimum Gasteiger partial charge on any atom is -0.383 e. The highest BCUT2D eigenvalue weighted by Gasteiger charge is 2.42. The van der Waals surface area contributed by atoms with Crippen molar-refractivity contribution in [2.45, 2.75) is 64.0 Å². The third kappa shape index (κ3) is 6.27. The quantitative estimate of drug-likeness (QED) is 0.544. The number of pyridine rings is 2. The van der Waals surface area contributed by atoms with Gasteiger partial charge in [-0.3, -0.25) is 4.98 Å². The van der Waals surface area contributed by atoms with Crippen LogP contribution in [-0.4, -0.2) is 42.3 Å². The van der Waals surface area contributed by atoms with Crippen LogP contribution in [0.1, 0.15) is 51.1 Å². The Kier molecular flexibility index (Phi) is 7.56. The largest absolute Gasteiger partial charge is 0.383 e. The highest BCUT2D eigenvalue weighted by atomic mass is 19.1. The maximum absolute atomic E-state index is 14.7. The Morgan fingerprint density at radius 3 is 2.76 bits per heavy atom. The standard InChI is InChI=1S/C26H34FN5O/c1-18(15-33-2)31-20-8-6-19(7-9-20)12-21-13-22(23(27)14-29-21)24-4-3-5-25(32-24)30-17-26(16-28)10-11-26/h3-5,13-14,18-20,31H,6-12,15,17H2,1-2H3,(H,30,32)/t18-,19?,20?/m1/s1. The third-order valence-corrected chi connectivity index (χ3v) is 6.92. The summed E-state index contributed by atoms with van der Waals surface area (Å²) >= 11 is 0. The molecule has 0 bridgehead atoms. The van der Waals surface area contributed by atoms with Gasteiger partial charge in [0.15, 0.2) is 5.82 Å². The molecular weight excluding hydrogens is 417 g/mol. The highest BCUT2D eigenvalue weighted by molar-refractivity contribution is 5.62. The van der Waals surface area contributed by atoms with Crippen molar-refractivity contribution >= 4 is 5.82 Å². The summed E-state index contributed by atoms with van der Waals surface area (Å²) in [5, 5.41) is 16.2. The fourth-order valence-corrected chi connectivity index (χ4v) is 4.74. The zero-order valence-corrected chi connectivity index (χ0v) is 19.6. The van der Waals surface area contributed by atoms with Crippen LogP contribution in [-0.2, 0) is 11.2 Å². The molecule has 2 aromatic rings. The van der Waals surface area contributed by atoms with Crippen molar-refractivity contribution in [2.75, 3.05) is 25.6 Å². The summed E-state index contributed by atoms with van der Waals surface area (Å²) in [6, 6.07) is 10.7. The molecule has 176 valence electrons. The molecule has 0 spiro atoms. The van der Waals surface area contributed by atoms with E-state index in [4.69, 9.17) is 4.74 Å². The van der Waals surface area contributed by atoms with Gasteiger partial charge in [-0.1, -0.05) is 6.07 Å². The molecule has 0 amide bonds. The minimum atomic E-state index is -0.362. The van der Waals surface area contributed by atoms with E-state index in [0.29, 0.717) is 41.6 Å². The van der Waals surface area contributed by atoms with E-state index in [9.17, 15) is 9.65 Å². The average Bonchev–Trinajstić information content (AvgIpc) is 3.61. The summed E-state index contributed by atoms with van der Waals surface area (Å²) in [5.74, 6) is 0.868. The first-order valence-electron chi connectivity index (χ1n) is 12.0. The van der Waals surface area contributed by atoms with Gasteiger partial charge in [0.2, 0.25) is 0 Å². The van der Waals surface area contributed by atoms with E-state index in [2.05, 4.69) is 33.6 Å². The first-order chi connectivity index (χ1) is 16.0. The number of nitrogens with zero attached hydrogens (tertiary/aromatic N) is 3. The second-order valence-corrected chi connectivity index (χ2v) is 9.75. The molecule has 1 atom stereocenters. The maximum atomic E-state index is 14.7. The van der Waals surface area contributed by atoms with Crippen LogP contribution in [0, 0.1) is 28.5 Å². The fourth-order valence-electron chi connectivity index (χ4n) is 4.74. The fraction of sp³-hybridized carbons (Fsp3) is 0.577. The van der Waals surface area contributed by atoms with Gasteiger partial charge in [-0.05, 0) is 76.0 Å². The summed E-state index contributed by atoms with van der Waals surface area (Å²) in [5.41, 5.74) is 1.72. The van der Waals surface area contributed by atoms with E-state index in [1.165, 1.54) is 6.20 Å². The molecule has 4 rings (SSSR count). The van der Waals surface area contributed by atoms with E-state index in [1.54, 1.807) is 7.11 Å². The zero-order chi connectivity index (χ0) is 23.3. The Bertz CT molecular complexity index is 979. The molecule has 2 aromatic heterocycles. The Balaban J connectivity index is 1.37. The molecule has 0 aliphatic heterocycles. The van der Waals surface area contributed by atoms with Crippen LogP contribution >= 0.6 is 0 Å². The SMILES string of the molecule is COC[C@@H](C)NC1CCC(Cc2cc(-c3cccc(NCC4(C#N)CC4)n3)c(F)cn2)CC1. The highest BCUT2D eigenvalue weighted by Crippen LogP contribution is 2.44. The molecule has 2 N–H and O–H groups in total. The van der Waals surface area contributed by atoms with Crippen LogP contribution in [0.15, 0.2) is 30.5 Å². The Labute approximate surface area is 196 Å². The lowest BCUT2D eigenvalue weighted by Gasteiger charge is -2.31. The normalized spacial score (nSPS) is 22.4. The van der Waals surface area contributed by atoms with Crippen molar-refractivity contribution in [1.29, 1.82) is 5.26 Å². The van der Waals surface area contributed by atoms with Crippen molar-refractivity contribution in [3.05, 3.63) is 42.0 Å². The minimum absolute atomic E-state index is 0.261. The van der Waals surface area contributed by atoms with E-state index in [0.717, 1.165) is 57.2 Å². The summed E-state index contributed by atoms with van der Waals surface area (Å²) in [4.78, 5) is 8.98. The number of hydrogen-bond donors (Lipinski definition) is 2. The van der Waals surface area contributed by atoms with E-state index in [-0.39, 0.29) is 11.2 Å². The molecule has 0 saturated heterocycles. The summed E-state index contributed by atoms with van der Waals surface area (Å²) in [7, 11) is 1.74. The molecule has 0 radical (unpaired) electrons. The number of nitrogens with one attached hydrogen (secondary N) is 2. The van der Waals surface area contributed by atoms with Gasteiger partial charge in [-0.15, -0.1) is 0 Å². The number of ether oxygens (including phenoxy) is 1. The van der Waals surface area contributed by atoms with Crippen molar-refractivity contribution in [3.63, 3.8) is 0 Å². The number of aromatic nitrogens is 2. The number of hydrogen-bond acceptors (Lipinski definition) is 6. The first kappa shape index (κ1) is 23.6. The number of methoxy groups -OCH3 is 1. The van der Waals surface area contributed by atoms with Crippen LogP contribution in [0.25, 0.3) is 11.3 Å². The molecule has 2 fully saturated rings. The molecule has 2 heterocycles. The summed E-state index contributed by atoms with van der Waals surface area (Å²) in [6.07, 6.45) is 8.59. The number of anilines is 1. The lowest BCUT2D eigenvalue weighted by Crippen LogP contribution is -2.41. The predicted octanol–water partition coefficient (Wildman–Crippen LogP) is 4.72. The second-order valence-electron chi connectivity index (χ2n) is 9.75. The molecule has 6 nitrogen and oxygen atoms in total. The van der Waals surface area contributed by atoms with Gasteiger partial charge in [0, 0.05) is 37.0 Å². The lowest BCUT2D eigenvalue weighted by atomic mass is 9.83. The topological polar surface area (TPSA) is 82.9 Å². The molecule has 2 aliphatic rings. The number of rotatable bonds is 10. The molecular formula is C26H34FN5O. The molecule has 0 unspecified atom stereocenters. The first-order valence-corrected chi connectivity index (χ1v) is 12.0. The van der Waals surface area contributed by atoms with Crippen molar-refractivity contribution in [2.24, 2.45) is 11.3 Å². The van der Waals surface area contributed by atoms with Gasteiger partial charge in [0.1, 0.15) is 5.82 Å². The van der Waals surface area contributed by atoms with Gasteiger partial charge >= 0.3 is 0 Å². The number of nitriles is 1. The lowest BCUT2D eigenvalue weighted by molar-refractivity contribution is 0.158. The van der Waals surface area contributed by atoms with Crippen molar-refractivity contribution < 1.29 is 9.13 Å². The second kappa shape index (κ2) is 10.6. The van der Waals surface area contributed by atoms with Gasteiger partial charge in [-0.2, -0.15) is 5.26 Å². The molecule has 2 saturated carbocycles. The van der Waals surface area contributed by atoms with E-state index in [1.807, 2.05) is 24.3 Å². The Morgan fingerprint density at radius 2 is 2.06 bits per heavy atom. The van der Waals surface area contributed by atoms with Gasteiger partial charge in [0.25, 0.3) is 0 Å². The number of halogens is 1. The maximum Gasteiger partial charge on any atom is 0.150 e. The van der Waals surface area contributed by atoms with Crippen molar-refractivity contribution in [1.82, 2.24) is 15.3 Å². The monoisotopic (exact) mass is 451 g/mol. The zero-order valence-electron chi connectivity index (χ0n) is 19.6. The van der Waals surface area contributed by atoms with Crippen LogP contribution in [0.3, 0.4) is 0 Å². The van der Waals surface area contributed by atoms with Crippen molar-refractivity contribution in [3.8, 4) is 17.3 Å². The molecule has 33 heavy (non-hydrogen) atoms. The average molecular weight is 452 g/mol. The molecule has 7 heteroatoms. The predicted molar refractivity (Wildman–Crippen MR) is 127 cm³/mol. The molecule has 2 aliphatic carbocycles. The van der Waals surface area contributed by atoms with Crippen LogP contribution in [0.5, 0.6) is 0 Å². The third-order valence-electron chi connectivity index (χ3n) is 6.92. The van der Waals surface area contributed by atoms with Crippen LogP contribution in [0.4, 0.5) is 10.2 Å². The van der Waals surface area contributed by atoms with Gasteiger partial charge in [-0.25, -0.2) is 9.37 Å². The smallest absolute Gasteiger partial charge is 0.150 e. The van der Waals surface area contributed by atoms with Crippen LogP contribution in [0.2, 0.25) is 0 Å². The van der Waals surface area contributed by atoms with E-state index >= 15 is 0 Å². The van der Waals surface area contributed by atoms with Gasteiger partial charge < -0.3 is 15.4 Å². The van der Waals surface area contributed by atoms with E-state index < -0.39 is 0 Å². The van der Waals surface area contributed by atoms with Crippen LogP contribution < -0.4 is 10.6 Å². The Morgan fingerprint density at radius 1 is 1.27 bits per heavy atom. The summed E-state index contributed by atoms with van der Waals surface area (Å²) in [6.45, 7) is 3.46. The summed E-state index contributed by atoms with van der Waals surface area (Å²) < 4.78 is 19.9. The molecule has 0 aromatic carbocycles. The van der Waals surface area contributed by atoms with Gasteiger partial charge in [0.05, 0.1) is 30.0 Å². The Hall–Kier alpha value is -2.56.